The van der Waals surface area contributed by atoms with Gasteiger partial charge in [-0.2, -0.15) is 0 Å². The number of carbonyl (C=O) groups is 1. The molecule has 0 aromatic rings. The molecule has 3 heteroatoms. The molecule has 78 valence electrons. The van der Waals surface area contributed by atoms with Gasteiger partial charge in [-0.3, -0.25) is 4.90 Å². The van der Waals surface area contributed by atoms with Crippen molar-refractivity contribution in [2.45, 2.75) is 0 Å². The van der Waals surface area contributed by atoms with E-state index < -0.39 is 0 Å². The van der Waals surface area contributed by atoms with Crippen molar-refractivity contribution in [3.8, 4) is 0 Å². The highest BCUT2D eigenvalue weighted by atomic mass is 16.5. The van der Waals surface area contributed by atoms with Gasteiger partial charge in [-0.1, -0.05) is 18.7 Å². The third-order valence-corrected chi connectivity index (χ3v) is 1.59. The minimum atomic E-state index is -0.387. The van der Waals surface area contributed by atoms with Crippen LogP contribution in [0.2, 0.25) is 0 Å². The van der Waals surface area contributed by atoms with Crippen LogP contribution in [-0.2, 0) is 9.53 Å². The Hall–Kier alpha value is -1.35. The standard InChI is InChI=1S/C11H17NO2/c1-4-7-12(8-5-2)9-10-14-11(13)6-3/h4-6H,1-3,7-10H2. The molecule has 0 N–H and O–H groups in total. The van der Waals surface area contributed by atoms with Gasteiger partial charge in [-0.15, -0.1) is 13.2 Å². The molecule has 0 aliphatic carbocycles. The van der Waals surface area contributed by atoms with Crippen molar-refractivity contribution >= 4 is 5.97 Å². The van der Waals surface area contributed by atoms with Gasteiger partial charge in [0, 0.05) is 25.7 Å². The van der Waals surface area contributed by atoms with Crippen molar-refractivity contribution in [1.82, 2.24) is 4.90 Å². The Morgan fingerprint density at radius 1 is 1.21 bits per heavy atom. The molecule has 0 aromatic carbocycles. The third kappa shape index (κ3) is 6.20. The van der Waals surface area contributed by atoms with Crippen LogP contribution in [-0.4, -0.2) is 37.1 Å². The molecule has 0 amide bonds. The van der Waals surface area contributed by atoms with Crippen molar-refractivity contribution in [3.63, 3.8) is 0 Å². The molecule has 0 unspecified atom stereocenters. The van der Waals surface area contributed by atoms with Crippen molar-refractivity contribution in [1.29, 1.82) is 0 Å². The van der Waals surface area contributed by atoms with Gasteiger partial charge < -0.3 is 4.74 Å². The zero-order valence-corrected chi connectivity index (χ0v) is 8.45. The third-order valence-electron chi connectivity index (χ3n) is 1.59. The quantitative estimate of drug-likeness (QED) is 0.333. The van der Waals surface area contributed by atoms with Crippen LogP contribution in [0.15, 0.2) is 38.0 Å². The number of esters is 1. The Balaban J connectivity index is 3.69. The number of hydrogen-bond donors (Lipinski definition) is 0. The van der Waals surface area contributed by atoms with Gasteiger partial charge in [-0.25, -0.2) is 4.79 Å². The molecular weight excluding hydrogens is 178 g/mol. The maximum atomic E-state index is 10.7. The molecule has 14 heavy (non-hydrogen) atoms. The Labute approximate surface area is 85.4 Å². The fourth-order valence-electron chi connectivity index (χ4n) is 0.957. The molecular formula is C11H17NO2. The summed E-state index contributed by atoms with van der Waals surface area (Å²) >= 11 is 0. The minimum absolute atomic E-state index is 0.368. The summed E-state index contributed by atoms with van der Waals surface area (Å²) < 4.78 is 4.85. The first-order chi connectivity index (χ1) is 6.74. The van der Waals surface area contributed by atoms with E-state index in [0.717, 1.165) is 19.2 Å². The molecule has 0 heterocycles. The first-order valence-corrected chi connectivity index (χ1v) is 4.48. The van der Waals surface area contributed by atoms with Crippen LogP contribution in [0.4, 0.5) is 0 Å². The maximum absolute atomic E-state index is 10.7. The average Bonchev–Trinajstić information content (AvgIpc) is 2.18. The van der Waals surface area contributed by atoms with E-state index in [1.807, 2.05) is 0 Å². The van der Waals surface area contributed by atoms with Crippen LogP contribution in [0.3, 0.4) is 0 Å². The average molecular weight is 195 g/mol. The zero-order valence-electron chi connectivity index (χ0n) is 8.45. The highest BCUT2D eigenvalue weighted by Gasteiger charge is 2.01. The highest BCUT2D eigenvalue weighted by Crippen LogP contribution is 1.90. The van der Waals surface area contributed by atoms with E-state index in [4.69, 9.17) is 4.74 Å². The lowest BCUT2D eigenvalue weighted by molar-refractivity contribution is -0.138. The molecule has 0 saturated carbocycles. The molecule has 3 nitrogen and oxygen atoms in total. The Bertz CT molecular complexity index is 201. The predicted octanol–water partition coefficient (Wildman–Crippen LogP) is 1.39. The van der Waals surface area contributed by atoms with Crippen LogP contribution in [0.5, 0.6) is 0 Å². The summed E-state index contributed by atoms with van der Waals surface area (Å²) in [5.74, 6) is -0.387. The van der Waals surface area contributed by atoms with Crippen molar-refractivity contribution < 1.29 is 9.53 Å². The lowest BCUT2D eigenvalue weighted by Crippen LogP contribution is -2.28. The van der Waals surface area contributed by atoms with E-state index in [0.29, 0.717) is 13.2 Å². The van der Waals surface area contributed by atoms with Crippen LogP contribution in [0.25, 0.3) is 0 Å². The minimum Gasteiger partial charge on any atom is -0.461 e. The molecule has 0 aliphatic rings. The second-order valence-corrected chi connectivity index (χ2v) is 2.71. The summed E-state index contributed by atoms with van der Waals surface area (Å²) in [5.41, 5.74) is 0. The molecule has 0 bridgehead atoms. The topological polar surface area (TPSA) is 29.5 Å². The molecule has 0 aromatic heterocycles. The van der Waals surface area contributed by atoms with Gasteiger partial charge in [0.25, 0.3) is 0 Å². The summed E-state index contributed by atoms with van der Waals surface area (Å²) in [4.78, 5) is 12.8. The monoisotopic (exact) mass is 195 g/mol. The molecule has 0 radical (unpaired) electrons. The van der Waals surface area contributed by atoms with Crippen LogP contribution in [0, 0.1) is 0 Å². The van der Waals surface area contributed by atoms with E-state index in [1.54, 1.807) is 12.2 Å². The largest absolute Gasteiger partial charge is 0.461 e. The second kappa shape index (κ2) is 8.26. The normalized spacial score (nSPS) is 9.50. The van der Waals surface area contributed by atoms with E-state index in [9.17, 15) is 4.79 Å². The second-order valence-electron chi connectivity index (χ2n) is 2.71. The Morgan fingerprint density at radius 2 is 1.79 bits per heavy atom. The van der Waals surface area contributed by atoms with E-state index in [-0.39, 0.29) is 5.97 Å². The van der Waals surface area contributed by atoms with Crippen molar-refractivity contribution in [2.75, 3.05) is 26.2 Å². The Kier molecular flexibility index (Phi) is 7.46. The molecule has 0 spiro atoms. The number of carbonyl (C=O) groups excluding carboxylic acids is 1. The lowest BCUT2D eigenvalue weighted by atomic mass is 10.4. The van der Waals surface area contributed by atoms with Gasteiger partial charge in [0.1, 0.15) is 6.61 Å². The Morgan fingerprint density at radius 3 is 2.21 bits per heavy atom. The molecule has 0 fully saturated rings. The van der Waals surface area contributed by atoms with Crippen LogP contribution >= 0.6 is 0 Å². The van der Waals surface area contributed by atoms with Gasteiger partial charge in [0.15, 0.2) is 0 Å². The first kappa shape index (κ1) is 12.7. The van der Waals surface area contributed by atoms with Crippen molar-refractivity contribution in [3.05, 3.63) is 38.0 Å². The zero-order chi connectivity index (χ0) is 10.8. The summed E-state index contributed by atoms with van der Waals surface area (Å²) in [5, 5.41) is 0. The molecule has 0 saturated heterocycles. The SMILES string of the molecule is C=CCN(CC=C)CCOC(=O)C=C. The smallest absolute Gasteiger partial charge is 0.330 e. The number of ether oxygens (including phenoxy) is 1. The summed E-state index contributed by atoms with van der Waals surface area (Å²) in [6, 6.07) is 0. The summed E-state index contributed by atoms with van der Waals surface area (Å²) in [6.07, 6.45) is 4.77. The highest BCUT2D eigenvalue weighted by molar-refractivity contribution is 5.81. The first-order valence-electron chi connectivity index (χ1n) is 4.48. The summed E-state index contributed by atoms with van der Waals surface area (Å²) in [7, 11) is 0. The molecule has 0 aliphatic heterocycles. The van der Waals surface area contributed by atoms with Crippen molar-refractivity contribution in [2.24, 2.45) is 0 Å². The number of nitrogens with zero attached hydrogens (tertiary/aromatic N) is 1. The molecule has 0 rings (SSSR count). The summed E-state index contributed by atoms with van der Waals surface area (Å²) in [6.45, 7) is 13.2. The maximum Gasteiger partial charge on any atom is 0.330 e. The fraction of sp³-hybridized carbons (Fsp3) is 0.364. The van der Waals surface area contributed by atoms with Crippen LogP contribution < -0.4 is 0 Å². The van der Waals surface area contributed by atoms with Crippen LogP contribution in [0.1, 0.15) is 0 Å². The van der Waals surface area contributed by atoms with E-state index >= 15 is 0 Å². The fourth-order valence-corrected chi connectivity index (χ4v) is 0.957. The predicted molar refractivity (Wildman–Crippen MR) is 58.0 cm³/mol. The lowest BCUT2D eigenvalue weighted by Gasteiger charge is -2.17. The number of hydrogen-bond acceptors (Lipinski definition) is 3. The number of rotatable bonds is 8. The van der Waals surface area contributed by atoms with Gasteiger partial charge >= 0.3 is 5.97 Å². The van der Waals surface area contributed by atoms with Gasteiger partial charge in [-0.05, 0) is 0 Å². The van der Waals surface area contributed by atoms with E-state index in [1.165, 1.54) is 0 Å². The van der Waals surface area contributed by atoms with Gasteiger partial charge in [0.05, 0.1) is 0 Å². The molecule has 0 atom stereocenters. The van der Waals surface area contributed by atoms with E-state index in [2.05, 4.69) is 24.6 Å². The van der Waals surface area contributed by atoms with Gasteiger partial charge in [0.2, 0.25) is 0 Å².